The van der Waals surface area contributed by atoms with E-state index >= 15 is 0 Å². The fourth-order valence-corrected chi connectivity index (χ4v) is 4.34. The number of aliphatic hydroxyl groups is 1. The van der Waals surface area contributed by atoms with Crippen LogP contribution in [0.15, 0.2) is 30.3 Å². The molecule has 0 unspecified atom stereocenters. The molecule has 2 aliphatic heterocycles. The van der Waals surface area contributed by atoms with E-state index in [1.807, 2.05) is 23.1 Å². The Labute approximate surface area is 135 Å². The first kappa shape index (κ1) is 15.8. The number of benzene rings is 1. The van der Waals surface area contributed by atoms with Gasteiger partial charge in [0.25, 0.3) is 0 Å². The number of nitrogens with two attached hydrogens (primary N) is 1. The van der Waals surface area contributed by atoms with Gasteiger partial charge in [-0.25, -0.2) is 4.79 Å². The number of hydrogen-bond acceptors (Lipinski definition) is 3. The molecule has 0 aliphatic carbocycles. The van der Waals surface area contributed by atoms with Crippen LogP contribution in [0.25, 0.3) is 0 Å². The summed E-state index contributed by atoms with van der Waals surface area (Å²) in [6.45, 7) is -0.00866. The van der Waals surface area contributed by atoms with Gasteiger partial charge in [-0.1, -0.05) is 30.3 Å². The minimum Gasteiger partial charge on any atom is -0.396 e. The predicted molar refractivity (Wildman–Crippen MR) is 85.5 cm³/mol. The maximum Gasteiger partial charge on any atom is 0.312 e. The van der Waals surface area contributed by atoms with E-state index in [1.54, 1.807) is 0 Å². The van der Waals surface area contributed by atoms with Crippen molar-refractivity contribution in [3.63, 3.8) is 0 Å². The summed E-state index contributed by atoms with van der Waals surface area (Å²) in [5, 5.41) is 12.5. The van der Waals surface area contributed by atoms with E-state index in [-0.39, 0.29) is 36.6 Å². The van der Waals surface area contributed by atoms with E-state index in [4.69, 9.17) is 5.73 Å². The first-order chi connectivity index (χ1) is 11.1. The molecule has 2 aliphatic rings. The molecule has 23 heavy (non-hydrogen) atoms. The molecule has 0 radical (unpaired) electrons. The third-order valence-electron chi connectivity index (χ3n) is 5.27. The molecule has 3 amide bonds. The van der Waals surface area contributed by atoms with Crippen LogP contribution in [0.2, 0.25) is 0 Å². The number of carbonyl (C=O) groups is 2. The van der Waals surface area contributed by atoms with Crippen molar-refractivity contribution in [1.29, 1.82) is 0 Å². The third kappa shape index (κ3) is 2.91. The number of aliphatic hydroxyl groups excluding tert-OH is 1. The van der Waals surface area contributed by atoms with Crippen LogP contribution in [-0.2, 0) is 11.2 Å². The van der Waals surface area contributed by atoms with Crippen LogP contribution in [0.3, 0.4) is 0 Å². The minimum absolute atomic E-state index is 0.0277. The van der Waals surface area contributed by atoms with Gasteiger partial charge in [-0.15, -0.1) is 0 Å². The van der Waals surface area contributed by atoms with E-state index in [0.29, 0.717) is 0 Å². The fourth-order valence-electron chi connectivity index (χ4n) is 4.34. The highest BCUT2D eigenvalue weighted by Gasteiger charge is 2.56. The zero-order chi connectivity index (χ0) is 16.4. The Morgan fingerprint density at radius 2 is 2.04 bits per heavy atom. The Morgan fingerprint density at radius 1 is 1.30 bits per heavy atom. The SMILES string of the molecule is NC(=O)NCC(=O)N1[C@@H]2CC[C@H]1[C@](CO)(Cc1ccccc1)C2. The molecule has 3 rings (SSSR count). The van der Waals surface area contributed by atoms with Crippen LogP contribution >= 0.6 is 0 Å². The average Bonchev–Trinajstić information content (AvgIpc) is 3.09. The van der Waals surface area contributed by atoms with Crippen molar-refractivity contribution in [1.82, 2.24) is 10.2 Å². The van der Waals surface area contributed by atoms with E-state index in [9.17, 15) is 14.7 Å². The van der Waals surface area contributed by atoms with Gasteiger partial charge < -0.3 is 21.1 Å². The van der Waals surface area contributed by atoms with E-state index in [2.05, 4.69) is 17.4 Å². The van der Waals surface area contributed by atoms with E-state index < -0.39 is 6.03 Å². The zero-order valence-electron chi connectivity index (χ0n) is 13.1. The van der Waals surface area contributed by atoms with Crippen molar-refractivity contribution >= 4 is 11.9 Å². The molecule has 2 heterocycles. The second-order valence-electron chi connectivity index (χ2n) is 6.65. The highest BCUT2D eigenvalue weighted by Crippen LogP contribution is 2.51. The lowest BCUT2D eigenvalue weighted by molar-refractivity contribution is -0.132. The third-order valence-corrected chi connectivity index (χ3v) is 5.27. The molecule has 2 saturated heterocycles. The molecule has 1 aromatic rings. The minimum atomic E-state index is -0.692. The molecular formula is C17H23N3O3. The molecule has 0 spiro atoms. The summed E-state index contributed by atoms with van der Waals surface area (Å²) in [6.07, 6.45) is 3.44. The lowest BCUT2D eigenvalue weighted by atomic mass is 9.70. The van der Waals surface area contributed by atoms with Crippen LogP contribution < -0.4 is 11.1 Å². The van der Waals surface area contributed by atoms with Gasteiger partial charge in [-0.3, -0.25) is 4.79 Å². The van der Waals surface area contributed by atoms with Crippen LogP contribution in [-0.4, -0.2) is 47.2 Å². The van der Waals surface area contributed by atoms with Gasteiger partial charge >= 0.3 is 6.03 Å². The Morgan fingerprint density at radius 3 is 2.70 bits per heavy atom. The Hall–Kier alpha value is -2.08. The summed E-state index contributed by atoms with van der Waals surface area (Å²) in [7, 11) is 0. The standard InChI is InChI=1S/C17H23N3O3/c18-16(23)19-10-15(22)20-13-6-7-14(20)17(9-13,11-21)8-12-4-2-1-3-5-12/h1-5,13-14,21H,6-11H2,(H3,18,19,23)/t13-,14+,17-/m1/s1. The molecule has 0 saturated carbocycles. The van der Waals surface area contributed by atoms with Crippen molar-refractivity contribution in [2.45, 2.75) is 37.8 Å². The van der Waals surface area contributed by atoms with Gasteiger partial charge in [0.2, 0.25) is 5.91 Å². The fraction of sp³-hybridized carbons (Fsp3) is 0.529. The van der Waals surface area contributed by atoms with E-state index in [0.717, 1.165) is 25.7 Å². The monoisotopic (exact) mass is 317 g/mol. The van der Waals surface area contributed by atoms with Crippen molar-refractivity contribution in [3.8, 4) is 0 Å². The summed E-state index contributed by atoms with van der Waals surface area (Å²) in [5.41, 5.74) is 5.94. The van der Waals surface area contributed by atoms with Gasteiger partial charge in [0.1, 0.15) is 0 Å². The molecule has 6 heteroatoms. The molecule has 6 nitrogen and oxygen atoms in total. The van der Waals surface area contributed by atoms with Gasteiger partial charge in [0.15, 0.2) is 0 Å². The predicted octanol–water partition coefficient (Wildman–Crippen LogP) is 0.639. The molecule has 2 fully saturated rings. The maximum absolute atomic E-state index is 12.4. The van der Waals surface area contributed by atoms with Gasteiger partial charge in [-0.05, 0) is 31.2 Å². The first-order valence-electron chi connectivity index (χ1n) is 8.05. The summed E-state index contributed by atoms with van der Waals surface area (Å²) < 4.78 is 0. The topological polar surface area (TPSA) is 95.7 Å². The number of nitrogens with zero attached hydrogens (tertiary/aromatic N) is 1. The van der Waals surface area contributed by atoms with Crippen molar-refractivity contribution in [3.05, 3.63) is 35.9 Å². The largest absolute Gasteiger partial charge is 0.396 e. The maximum atomic E-state index is 12.4. The van der Waals surface area contributed by atoms with Gasteiger partial charge in [-0.2, -0.15) is 0 Å². The average molecular weight is 317 g/mol. The number of amides is 3. The second-order valence-corrected chi connectivity index (χ2v) is 6.65. The number of rotatable bonds is 5. The molecule has 0 aromatic heterocycles. The quantitative estimate of drug-likeness (QED) is 0.743. The smallest absolute Gasteiger partial charge is 0.312 e. The van der Waals surface area contributed by atoms with Crippen molar-refractivity contribution in [2.24, 2.45) is 11.1 Å². The molecule has 1 aromatic carbocycles. The van der Waals surface area contributed by atoms with Crippen LogP contribution in [0.1, 0.15) is 24.8 Å². The number of primary amides is 1. The second kappa shape index (κ2) is 6.20. The summed E-state index contributed by atoms with van der Waals surface area (Å²) in [4.78, 5) is 25.1. The summed E-state index contributed by atoms with van der Waals surface area (Å²) in [5.74, 6) is -0.111. The van der Waals surface area contributed by atoms with E-state index in [1.165, 1.54) is 5.56 Å². The molecule has 124 valence electrons. The first-order valence-corrected chi connectivity index (χ1v) is 8.05. The summed E-state index contributed by atoms with van der Waals surface area (Å²) in [6, 6.07) is 9.57. The zero-order valence-corrected chi connectivity index (χ0v) is 13.1. The van der Waals surface area contributed by atoms with Gasteiger partial charge in [0, 0.05) is 17.5 Å². The van der Waals surface area contributed by atoms with Crippen LogP contribution in [0.4, 0.5) is 4.79 Å². The number of urea groups is 1. The number of carbonyl (C=O) groups excluding carboxylic acids is 2. The molecule has 4 N–H and O–H groups in total. The highest BCUT2D eigenvalue weighted by atomic mass is 16.3. The van der Waals surface area contributed by atoms with Gasteiger partial charge in [0.05, 0.1) is 13.2 Å². The van der Waals surface area contributed by atoms with Crippen molar-refractivity contribution < 1.29 is 14.7 Å². The summed E-state index contributed by atoms with van der Waals surface area (Å²) >= 11 is 0. The Balaban J connectivity index is 1.77. The Kier molecular flexibility index (Phi) is 4.26. The lowest BCUT2D eigenvalue weighted by Gasteiger charge is -2.36. The van der Waals surface area contributed by atoms with Crippen LogP contribution in [0, 0.1) is 5.41 Å². The normalized spacial score (nSPS) is 28.8. The molecular weight excluding hydrogens is 294 g/mol. The molecule has 2 bridgehead atoms. The molecule has 3 atom stereocenters. The number of fused-ring (bicyclic) bond motifs is 2. The van der Waals surface area contributed by atoms with Crippen molar-refractivity contribution in [2.75, 3.05) is 13.2 Å². The highest BCUT2D eigenvalue weighted by molar-refractivity contribution is 5.84. The van der Waals surface area contributed by atoms with Crippen LogP contribution in [0.5, 0.6) is 0 Å². The number of hydrogen-bond donors (Lipinski definition) is 3. The number of nitrogens with one attached hydrogen (secondary N) is 1. The Bertz CT molecular complexity index is 592. The lowest BCUT2D eigenvalue weighted by Crippen LogP contribution is -2.47.